The maximum absolute atomic E-state index is 12.1. The highest BCUT2D eigenvalue weighted by Gasteiger charge is 2.15. The predicted octanol–water partition coefficient (Wildman–Crippen LogP) is 1.75. The zero-order chi connectivity index (χ0) is 13.3. The number of carbonyl (C=O) groups excluding carboxylic acids is 1. The molecule has 2 aromatic rings. The first-order valence-corrected chi connectivity index (χ1v) is 6.62. The molecule has 0 atom stereocenters. The molecule has 0 amide bonds. The summed E-state index contributed by atoms with van der Waals surface area (Å²) in [7, 11) is 3.84. The maximum Gasteiger partial charge on any atom is 0.191 e. The summed E-state index contributed by atoms with van der Waals surface area (Å²) in [6, 6.07) is 1.94. The summed E-state index contributed by atoms with van der Waals surface area (Å²) < 4.78 is 3.83. The highest BCUT2D eigenvalue weighted by Crippen LogP contribution is 2.19. The van der Waals surface area contributed by atoms with Crippen LogP contribution in [0, 0.1) is 13.8 Å². The third-order valence-electron chi connectivity index (χ3n) is 3.08. The van der Waals surface area contributed by atoms with Crippen LogP contribution >= 0.6 is 11.8 Å². The number of hydrogen-bond donors (Lipinski definition) is 0. The van der Waals surface area contributed by atoms with Gasteiger partial charge in [0, 0.05) is 31.0 Å². The minimum atomic E-state index is 0.129. The predicted molar refractivity (Wildman–Crippen MR) is 70.9 cm³/mol. The molecule has 0 spiro atoms. The van der Waals surface area contributed by atoms with E-state index in [-0.39, 0.29) is 5.78 Å². The van der Waals surface area contributed by atoms with Crippen molar-refractivity contribution in [1.82, 2.24) is 19.3 Å². The fraction of sp³-hybridized carbons (Fsp3) is 0.417. The van der Waals surface area contributed by atoms with Gasteiger partial charge in [-0.1, -0.05) is 11.8 Å². The van der Waals surface area contributed by atoms with Gasteiger partial charge in [0.1, 0.15) is 6.33 Å². The van der Waals surface area contributed by atoms with E-state index < -0.39 is 0 Å². The molecule has 0 radical (unpaired) electrons. The maximum atomic E-state index is 12.1. The van der Waals surface area contributed by atoms with Crippen LogP contribution in [0.3, 0.4) is 0 Å². The number of rotatable bonds is 4. The third-order valence-corrected chi connectivity index (χ3v) is 4.11. The third kappa shape index (κ3) is 2.33. The van der Waals surface area contributed by atoms with Crippen molar-refractivity contribution in [3.8, 4) is 0 Å². The Morgan fingerprint density at radius 3 is 2.61 bits per heavy atom. The van der Waals surface area contributed by atoms with Crippen molar-refractivity contribution < 1.29 is 4.79 Å². The van der Waals surface area contributed by atoms with E-state index in [2.05, 4.69) is 10.2 Å². The summed E-state index contributed by atoms with van der Waals surface area (Å²) in [6.45, 7) is 3.97. The fourth-order valence-electron chi connectivity index (χ4n) is 1.75. The van der Waals surface area contributed by atoms with Gasteiger partial charge in [0.2, 0.25) is 0 Å². The van der Waals surface area contributed by atoms with Gasteiger partial charge in [-0.15, -0.1) is 10.2 Å². The quantitative estimate of drug-likeness (QED) is 0.623. The molecule has 6 heteroatoms. The van der Waals surface area contributed by atoms with Crippen molar-refractivity contribution in [1.29, 1.82) is 0 Å². The second-order valence-corrected chi connectivity index (χ2v) is 5.22. The second-order valence-electron chi connectivity index (χ2n) is 4.28. The average molecular weight is 264 g/mol. The van der Waals surface area contributed by atoms with E-state index in [9.17, 15) is 4.79 Å². The van der Waals surface area contributed by atoms with Gasteiger partial charge in [-0.3, -0.25) is 4.79 Å². The molecule has 0 aliphatic heterocycles. The van der Waals surface area contributed by atoms with Crippen LogP contribution < -0.4 is 0 Å². The summed E-state index contributed by atoms with van der Waals surface area (Å²) in [5.41, 5.74) is 2.90. The summed E-state index contributed by atoms with van der Waals surface area (Å²) >= 11 is 1.41. The van der Waals surface area contributed by atoms with Crippen LogP contribution in [0.2, 0.25) is 0 Å². The van der Waals surface area contributed by atoms with Crippen LogP contribution in [-0.4, -0.2) is 30.9 Å². The Balaban J connectivity index is 2.09. The first kappa shape index (κ1) is 12.9. The SMILES string of the molecule is Cc1cc(C(=O)CSc2nncn2C)c(C)n1C. The Hall–Kier alpha value is -1.56. The number of thioether (sulfide) groups is 1. The summed E-state index contributed by atoms with van der Waals surface area (Å²) in [5, 5.41) is 8.49. The van der Waals surface area contributed by atoms with Gasteiger partial charge in [0.25, 0.3) is 0 Å². The molecular weight excluding hydrogens is 248 g/mol. The van der Waals surface area contributed by atoms with Crippen LogP contribution in [0.1, 0.15) is 21.7 Å². The number of aryl methyl sites for hydroxylation is 2. The normalized spacial score (nSPS) is 10.9. The smallest absolute Gasteiger partial charge is 0.191 e. The van der Waals surface area contributed by atoms with Crippen molar-refractivity contribution in [2.24, 2.45) is 14.1 Å². The molecule has 0 N–H and O–H groups in total. The Bertz CT molecular complexity index is 585. The largest absolute Gasteiger partial charge is 0.351 e. The van der Waals surface area contributed by atoms with E-state index in [4.69, 9.17) is 0 Å². The molecule has 0 fully saturated rings. The number of hydrogen-bond acceptors (Lipinski definition) is 4. The molecule has 2 aromatic heterocycles. The molecule has 0 saturated heterocycles. The van der Waals surface area contributed by atoms with E-state index in [1.807, 2.05) is 38.6 Å². The van der Waals surface area contributed by atoms with E-state index in [0.717, 1.165) is 22.1 Å². The van der Waals surface area contributed by atoms with Crippen molar-refractivity contribution >= 4 is 17.5 Å². The van der Waals surface area contributed by atoms with E-state index in [0.29, 0.717) is 5.75 Å². The van der Waals surface area contributed by atoms with Crippen LogP contribution in [0.15, 0.2) is 17.6 Å². The highest BCUT2D eigenvalue weighted by molar-refractivity contribution is 7.99. The van der Waals surface area contributed by atoms with Gasteiger partial charge in [0.05, 0.1) is 5.75 Å². The van der Waals surface area contributed by atoms with Gasteiger partial charge in [0.15, 0.2) is 10.9 Å². The average Bonchev–Trinajstić information content (AvgIpc) is 2.86. The Morgan fingerprint density at radius 2 is 2.11 bits per heavy atom. The van der Waals surface area contributed by atoms with Gasteiger partial charge in [-0.2, -0.15) is 0 Å². The number of nitrogens with zero attached hydrogens (tertiary/aromatic N) is 4. The molecule has 5 nitrogen and oxygen atoms in total. The Morgan fingerprint density at radius 1 is 1.39 bits per heavy atom. The van der Waals surface area contributed by atoms with Gasteiger partial charge >= 0.3 is 0 Å². The molecular formula is C12H16N4OS. The van der Waals surface area contributed by atoms with Gasteiger partial charge in [-0.25, -0.2) is 0 Å². The molecule has 0 bridgehead atoms. The van der Waals surface area contributed by atoms with Crippen molar-refractivity contribution in [3.05, 3.63) is 29.3 Å². The van der Waals surface area contributed by atoms with Crippen molar-refractivity contribution in [3.63, 3.8) is 0 Å². The molecule has 96 valence electrons. The summed E-state index contributed by atoms with van der Waals surface area (Å²) in [4.78, 5) is 12.1. The molecule has 2 rings (SSSR count). The lowest BCUT2D eigenvalue weighted by molar-refractivity contribution is 0.102. The van der Waals surface area contributed by atoms with Gasteiger partial charge in [-0.05, 0) is 19.9 Å². The Kier molecular flexibility index (Phi) is 3.56. The van der Waals surface area contributed by atoms with Crippen LogP contribution in [0.5, 0.6) is 0 Å². The monoisotopic (exact) mass is 264 g/mol. The standard InChI is InChI=1S/C12H16N4OS/c1-8-5-10(9(2)16(8)4)11(17)6-18-12-14-13-7-15(12)3/h5,7H,6H2,1-4H3. The molecule has 0 unspecified atom stereocenters. The number of ketones is 1. The summed E-state index contributed by atoms with van der Waals surface area (Å²) in [6.07, 6.45) is 1.63. The van der Waals surface area contributed by atoms with Crippen LogP contribution in [0.25, 0.3) is 0 Å². The number of aromatic nitrogens is 4. The second kappa shape index (κ2) is 4.97. The number of carbonyl (C=O) groups is 1. The minimum Gasteiger partial charge on any atom is -0.351 e. The molecule has 0 saturated carbocycles. The molecule has 2 heterocycles. The lowest BCUT2D eigenvalue weighted by atomic mass is 10.2. The molecule has 18 heavy (non-hydrogen) atoms. The first-order chi connectivity index (χ1) is 8.50. The zero-order valence-electron chi connectivity index (χ0n) is 11.0. The fourth-order valence-corrected chi connectivity index (χ4v) is 2.52. The van der Waals surface area contributed by atoms with Crippen LogP contribution in [0.4, 0.5) is 0 Å². The topological polar surface area (TPSA) is 52.7 Å². The van der Waals surface area contributed by atoms with Gasteiger partial charge < -0.3 is 9.13 Å². The lowest BCUT2D eigenvalue weighted by Crippen LogP contribution is -2.05. The Labute approximate surface area is 110 Å². The molecule has 0 aliphatic carbocycles. The van der Waals surface area contributed by atoms with E-state index in [1.165, 1.54) is 11.8 Å². The van der Waals surface area contributed by atoms with E-state index in [1.54, 1.807) is 10.9 Å². The number of Topliss-reactive ketones (excluding diaryl/α,β-unsaturated/α-hetero) is 1. The van der Waals surface area contributed by atoms with Crippen molar-refractivity contribution in [2.45, 2.75) is 19.0 Å². The zero-order valence-corrected chi connectivity index (χ0v) is 11.8. The van der Waals surface area contributed by atoms with Crippen LogP contribution in [-0.2, 0) is 14.1 Å². The van der Waals surface area contributed by atoms with Crippen molar-refractivity contribution in [2.75, 3.05) is 5.75 Å². The lowest BCUT2D eigenvalue weighted by Gasteiger charge is -2.02. The first-order valence-electron chi connectivity index (χ1n) is 5.63. The van der Waals surface area contributed by atoms with E-state index >= 15 is 0 Å². The molecule has 0 aliphatic rings. The minimum absolute atomic E-state index is 0.129. The highest BCUT2D eigenvalue weighted by atomic mass is 32.2. The summed E-state index contributed by atoms with van der Waals surface area (Å²) in [5.74, 6) is 0.515. The molecule has 0 aromatic carbocycles.